The molecule has 0 bridgehead atoms. The first-order valence-corrected chi connectivity index (χ1v) is 15.2. The fourth-order valence-electron chi connectivity index (χ4n) is 5.00. The summed E-state index contributed by atoms with van der Waals surface area (Å²) in [6, 6.07) is 2.83. The lowest BCUT2D eigenvalue weighted by molar-refractivity contribution is -0.139. The SMILES string of the molecule is [2H]C([2H])([2H])C([2H])([2H])C1(c2ccc(CSC[C@H](NC(=O)CC[C@H](N)C(=O)O)C(=O)NCC(=O)O)cc2)N=C(N2CCCC2)C(C([2H])([2H])C)(C([2H])([2H])C)N1[O-]. The molecule has 44 heavy (non-hydrogen) atoms. The van der Waals surface area contributed by atoms with Crippen LogP contribution in [0.4, 0.5) is 0 Å². The Bertz CT molecular complexity index is 1540. The van der Waals surface area contributed by atoms with E-state index < -0.39 is 79.6 Å². The zero-order valence-electron chi connectivity index (χ0n) is 33.6. The normalized spacial score (nSPS) is 25.3. The van der Waals surface area contributed by atoms with Gasteiger partial charge in [-0.2, -0.15) is 11.8 Å². The average molecular weight is 643 g/mol. The summed E-state index contributed by atoms with van der Waals surface area (Å²) in [5.74, 6) is -4.51. The summed E-state index contributed by atoms with van der Waals surface area (Å²) in [4.78, 5) is 53.2. The molecule has 0 spiro atoms. The Labute approximate surface area is 275 Å². The van der Waals surface area contributed by atoms with Crippen molar-refractivity contribution >= 4 is 41.4 Å². The summed E-state index contributed by atoms with van der Waals surface area (Å²) in [6.07, 6.45) is -8.24. The highest BCUT2D eigenvalue weighted by atomic mass is 32.2. The van der Waals surface area contributed by atoms with Crippen molar-refractivity contribution in [3.05, 3.63) is 40.6 Å². The van der Waals surface area contributed by atoms with Crippen LogP contribution in [0, 0.1) is 5.21 Å². The monoisotopic (exact) mass is 642 g/mol. The second kappa shape index (κ2) is 15.7. The van der Waals surface area contributed by atoms with Crippen molar-refractivity contribution in [1.29, 1.82) is 0 Å². The number of rotatable bonds is 16. The van der Waals surface area contributed by atoms with Gasteiger partial charge in [0.05, 0.1) is 5.54 Å². The molecule has 1 saturated heterocycles. The lowest BCUT2D eigenvalue weighted by Gasteiger charge is -2.51. The van der Waals surface area contributed by atoms with Gasteiger partial charge in [0.25, 0.3) is 0 Å². The van der Waals surface area contributed by atoms with Gasteiger partial charge in [-0.1, -0.05) is 45.0 Å². The maximum absolute atomic E-state index is 14.9. The number of likely N-dealkylation sites (tertiary alicyclic amines) is 1. The van der Waals surface area contributed by atoms with E-state index >= 15 is 0 Å². The van der Waals surface area contributed by atoms with Gasteiger partial charge in [0.1, 0.15) is 30.1 Å². The van der Waals surface area contributed by atoms with E-state index in [1.54, 1.807) is 0 Å². The largest absolute Gasteiger partial charge is 0.783 e. The smallest absolute Gasteiger partial charge is 0.322 e. The van der Waals surface area contributed by atoms with E-state index in [0.29, 0.717) is 18.4 Å². The van der Waals surface area contributed by atoms with Crippen LogP contribution in [0.15, 0.2) is 29.3 Å². The molecule has 0 saturated carbocycles. The third-order valence-corrected chi connectivity index (χ3v) is 8.57. The third kappa shape index (κ3) is 7.89. The maximum Gasteiger partial charge on any atom is 0.322 e. The molecule has 3 atom stereocenters. The maximum atomic E-state index is 14.9. The summed E-state index contributed by atoms with van der Waals surface area (Å²) < 4.78 is 77.4. The molecule has 2 amide bonds. The zero-order chi connectivity index (χ0) is 40.4. The molecular weight excluding hydrogens is 588 g/mol. The molecule has 1 aromatic rings. The second-order valence-corrected chi connectivity index (χ2v) is 11.4. The predicted octanol–water partition coefficient (Wildman–Crippen LogP) is 2.23. The number of aliphatic imine (C=N–C) groups is 1. The average Bonchev–Trinajstić information content (AvgIpc) is 3.67. The van der Waals surface area contributed by atoms with Crippen molar-refractivity contribution < 1.29 is 41.7 Å². The van der Waals surface area contributed by atoms with E-state index in [2.05, 4.69) is 15.6 Å². The molecule has 3 rings (SSSR count). The van der Waals surface area contributed by atoms with Gasteiger partial charge >= 0.3 is 11.9 Å². The topological polar surface area (TPSA) is 201 Å². The molecule has 2 aliphatic rings. The molecule has 0 radical (unpaired) electrons. The van der Waals surface area contributed by atoms with Gasteiger partial charge in [-0.25, -0.2) is 4.99 Å². The molecule has 13 nitrogen and oxygen atoms in total. The van der Waals surface area contributed by atoms with Gasteiger partial charge < -0.3 is 41.8 Å². The van der Waals surface area contributed by atoms with Crippen LogP contribution in [0.25, 0.3) is 0 Å². The first kappa shape index (κ1) is 24.1. The number of carboxylic acid groups (broad SMARTS) is 2. The second-order valence-electron chi connectivity index (χ2n) is 10.4. The molecule has 2 aliphatic heterocycles. The van der Waals surface area contributed by atoms with Crippen LogP contribution in [0.1, 0.15) is 89.0 Å². The lowest BCUT2D eigenvalue weighted by Crippen LogP contribution is -2.56. The fraction of sp³-hybridized carbons (Fsp3) is 0.633. The number of amidine groups is 1. The van der Waals surface area contributed by atoms with E-state index in [-0.39, 0.29) is 53.9 Å². The van der Waals surface area contributed by atoms with Crippen molar-refractivity contribution in [3.63, 3.8) is 0 Å². The van der Waals surface area contributed by atoms with Crippen molar-refractivity contribution in [2.24, 2.45) is 10.7 Å². The first-order valence-electron chi connectivity index (χ1n) is 18.5. The molecule has 2 heterocycles. The lowest BCUT2D eigenvalue weighted by atomic mass is 9.88. The number of hydrogen-bond acceptors (Lipinski definition) is 10. The van der Waals surface area contributed by atoms with E-state index in [0.717, 1.165) is 25.6 Å². The molecule has 1 unspecified atom stereocenters. The number of nitrogens with two attached hydrogens (primary N) is 1. The van der Waals surface area contributed by atoms with Gasteiger partial charge in [0.15, 0.2) is 0 Å². The third-order valence-electron chi connectivity index (χ3n) is 7.47. The van der Waals surface area contributed by atoms with Gasteiger partial charge in [-0.3, -0.25) is 19.2 Å². The van der Waals surface area contributed by atoms with Crippen LogP contribution in [0.5, 0.6) is 0 Å². The molecular formula is C30H45N6O7S-. The van der Waals surface area contributed by atoms with Crippen LogP contribution in [0.2, 0.25) is 0 Å². The molecule has 14 heteroatoms. The summed E-state index contributed by atoms with van der Waals surface area (Å²) in [6.45, 7) is -1.75. The van der Waals surface area contributed by atoms with Crippen molar-refractivity contribution in [2.45, 2.75) is 94.5 Å². The Kier molecular flexibility index (Phi) is 8.59. The number of aliphatic carboxylic acids is 2. The van der Waals surface area contributed by atoms with E-state index in [1.807, 2.05) is 0 Å². The summed E-state index contributed by atoms with van der Waals surface area (Å²) >= 11 is 1.11. The quantitative estimate of drug-likeness (QED) is 0.177. The van der Waals surface area contributed by atoms with Crippen molar-refractivity contribution in [2.75, 3.05) is 25.4 Å². The van der Waals surface area contributed by atoms with Gasteiger partial charge in [-0.05, 0) is 49.5 Å². The highest BCUT2D eigenvalue weighted by Gasteiger charge is 2.52. The minimum atomic E-state index is -3.50. The van der Waals surface area contributed by atoms with Crippen LogP contribution >= 0.6 is 11.8 Å². The molecule has 1 fully saturated rings. The molecule has 0 aliphatic carbocycles. The number of carbonyl (C=O) groups is 4. The molecule has 1 aromatic carbocycles. The van der Waals surface area contributed by atoms with E-state index in [1.165, 1.54) is 29.2 Å². The van der Waals surface area contributed by atoms with Gasteiger partial charge in [-0.15, -0.1) is 0 Å². The minimum Gasteiger partial charge on any atom is -0.783 e. The standard InChI is InChI=1S/C30H45N6O7S/c1-4-29(5-2)28(35-15-7-8-16-35)34-30(6-3,36(29)43)21-11-9-20(10-12-21)18-44-19-23(26(40)32-17-25(38)39)33-24(37)14-13-22(31)27(41)42/h9-12,22-23H,4-8,13-19,31H2,1-3H3,(H,32,40)(H,33,37)(H,38,39)(H,41,42)/q-1/t22-,23-,30?/m0/s1/i3D3,4D2,5D2,6D2. The first-order chi connectivity index (χ1) is 24.3. The number of carboxylic acids is 2. The summed E-state index contributed by atoms with van der Waals surface area (Å²) in [5.41, 5.74) is -0.0814. The Balaban J connectivity index is 2.00. The number of nitrogens with one attached hydrogen (secondary N) is 2. The number of nitrogens with zero attached hydrogens (tertiary/aromatic N) is 3. The number of hydrogen-bond donors (Lipinski definition) is 5. The Morgan fingerprint density at radius 1 is 1.16 bits per heavy atom. The number of thioether (sulfide) groups is 1. The van der Waals surface area contributed by atoms with Crippen LogP contribution < -0.4 is 16.4 Å². The highest BCUT2D eigenvalue weighted by molar-refractivity contribution is 7.98. The minimum absolute atomic E-state index is 0.0903. The van der Waals surface area contributed by atoms with E-state index in [9.17, 15) is 24.4 Å². The number of carbonyl (C=O) groups excluding carboxylic acids is 2. The predicted molar refractivity (Wildman–Crippen MR) is 169 cm³/mol. The molecule has 0 aromatic heterocycles. The highest BCUT2D eigenvalue weighted by Crippen LogP contribution is 2.48. The Hall–Kier alpha value is -3.20. The van der Waals surface area contributed by atoms with E-state index in [4.69, 9.17) is 28.3 Å². The van der Waals surface area contributed by atoms with Crippen molar-refractivity contribution in [1.82, 2.24) is 20.6 Å². The molecule has 244 valence electrons. The zero-order valence-corrected chi connectivity index (χ0v) is 25.4. The summed E-state index contributed by atoms with van der Waals surface area (Å²) in [5, 5.41) is 37.3. The summed E-state index contributed by atoms with van der Waals surface area (Å²) in [7, 11) is 0. The van der Waals surface area contributed by atoms with Crippen LogP contribution in [-0.4, -0.2) is 92.8 Å². The Morgan fingerprint density at radius 2 is 1.82 bits per heavy atom. The number of benzene rings is 1. The fourth-order valence-corrected chi connectivity index (χ4v) is 6.02. The van der Waals surface area contributed by atoms with Crippen LogP contribution in [0.3, 0.4) is 0 Å². The van der Waals surface area contributed by atoms with Gasteiger partial charge in [0, 0.05) is 43.4 Å². The van der Waals surface area contributed by atoms with Gasteiger partial charge in [0.2, 0.25) is 11.8 Å². The van der Waals surface area contributed by atoms with Crippen LogP contribution in [-0.2, 0) is 30.6 Å². The van der Waals surface area contributed by atoms with Crippen molar-refractivity contribution in [3.8, 4) is 0 Å². The molecule has 6 N–H and O–H groups in total. The number of hydroxylamine groups is 2. The number of amides is 2. The Morgan fingerprint density at radius 3 is 2.39 bits per heavy atom.